The number of fused-ring (bicyclic) bond motifs is 1. The highest BCUT2D eigenvalue weighted by atomic mass is 16.7. The summed E-state index contributed by atoms with van der Waals surface area (Å²) in [5, 5.41) is 0. The van der Waals surface area contributed by atoms with Gasteiger partial charge in [0.1, 0.15) is 6.10 Å². The van der Waals surface area contributed by atoms with Crippen molar-refractivity contribution >= 4 is 12.0 Å². The Balaban J connectivity index is 1.65. The molecule has 25 heavy (non-hydrogen) atoms. The van der Waals surface area contributed by atoms with Crippen LogP contribution in [0.25, 0.3) is 6.08 Å². The van der Waals surface area contributed by atoms with Crippen LogP contribution in [0.3, 0.4) is 0 Å². The molecule has 0 saturated heterocycles. The van der Waals surface area contributed by atoms with Gasteiger partial charge in [-0.3, -0.25) is 0 Å². The molecule has 0 amide bonds. The molecule has 4 heteroatoms. The summed E-state index contributed by atoms with van der Waals surface area (Å²) in [4.78, 5) is 12.4. The van der Waals surface area contributed by atoms with Gasteiger partial charge in [-0.2, -0.15) is 0 Å². The van der Waals surface area contributed by atoms with E-state index in [-0.39, 0.29) is 29.7 Å². The lowest BCUT2D eigenvalue weighted by molar-refractivity contribution is -0.148. The van der Waals surface area contributed by atoms with E-state index in [1.165, 1.54) is 6.08 Å². The molecule has 1 heterocycles. The van der Waals surface area contributed by atoms with Crippen LogP contribution in [0.2, 0.25) is 0 Å². The van der Waals surface area contributed by atoms with Gasteiger partial charge >= 0.3 is 5.97 Å². The first kappa shape index (κ1) is 17.8. The molecule has 1 saturated carbocycles. The lowest BCUT2D eigenvalue weighted by Crippen LogP contribution is -2.30. The zero-order valence-electron chi connectivity index (χ0n) is 15.8. The van der Waals surface area contributed by atoms with Gasteiger partial charge in [0.2, 0.25) is 6.79 Å². The minimum absolute atomic E-state index is 0.0450. The van der Waals surface area contributed by atoms with Gasteiger partial charge < -0.3 is 14.2 Å². The Morgan fingerprint density at radius 2 is 1.92 bits per heavy atom. The zero-order valence-corrected chi connectivity index (χ0v) is 15.8. The Morgan fingerprint density at radius 1 is 1.24 bits per heavy atom. The predicted molar refractivity (Wildman–Crippen MR) is 97.4 cm³/mol. The van der Waals surface area contributed by atoms with Crippen LogP contribution in [-0.2, 0) is 9.53 Å². The molecule has 0 radical (unpaired) electrons. The predicted octanol–water partition coefficient (Wildman–Crippen LogP) is 4.82. The van der Waals surface area contributed by atoms with Gasteiger partial charge in [0.25, 0.3) is 0 Å². The van der Waals surface area contributed by atoms with Crippen LogP contribution in [0, 0.1) is 16.7 Å². The van der Waals surface area contributed by atoms with Crippen LogP contribution in [0.5, 0.6) is 11.5 Å². The molecule has 1 aromatic carbocycles. The van der Waals surface area contributed by atoms with Crippen LogP contribution < -0.4 is 9.47 Å². The highest BCUT2D eigenvalue weighted by Crippen LogP contribution is 2.66. The number of carbonyl (C=O) groups excluding carboxylic acids is 1. The Bertz CT molecular complexity index is 689. The largest absolute Gasteiger partial charge is 0.459 e. The topological polar surface area (TPSA) is 44.8 Å². The van der Waals surface area contributed by atoms with Crippen molar-refractivity contribution in [1.29, 1.82) is 0 Å². The summed E-state index contributed by atoms with van der Waals surface area (Å²) in [5.41, 5.74) is 1.19. The fourth-order valence-corrected chi connectivity index (χ4v) is 3.65. The van der Waals surface area contributed by atoms with Crippen LogP contribution in [0.4, 0.5) is 0 Å². The minimum Gasteiger partial charge on any atom is -0.459 e. The number of esters is 1. The number of benzene rings is 1. The van der Waals surface area contributed by atoms with Crippen molar-refractivity contribution in [3.05, 3.63) is 29.8 Å². The van der Waals surface area contributed by atoms with Crippen molar-refractivity contribution in [2.24, 2.45) is 16.7 Å². The molecule has 1 fully saturated rings. The van der Waals surface area contributed by atoms with Crippen molar-refractivity contribution in [2.75, 3.05) is 6.79 Å². The molecular weight excluding hydrogens is 316 g/mol. The molecule has 1 aliphatic carbocycles. The van der Waals surface area contributed by atoms with E-state index in [1.54, 1.807) is 6.08 Å². The van der Waals surface area contributed by atoms with Gasteiger partial charge in [-0.25, -0.2) is 4.79 Å². The van der Waals surface area contributed by atoms with E-state index in [0.29, 0.717) is 11.7 Å². The van der Waals surface area contributed by atoms with E-state index >= 15 is 0 Å². The summed E-state index contributed by atoms with van der Waals surface area (Å²) < 4.78 is 16.5. The SMILES string of the molecule is CC(C)CC(OC(=O)/C=C/c1ccc2c(c1)OCO2)C1(C)CC1(C)C. The summed E-state index contributed by atoms with van der Waals surface area (Å²) >= 11 is 0. The van der Waals surface area contributed by atoms with E-state index < -0.39 is 0 Å². The van der Waals surface area contributed by atoms with Crippen molar-refractivity contribution in [2.45, 2.75) is 53.6 Å². The minimum atomic E-state index is -0.285. The second-order valence-corrected chi connectivity index (χ2v) is 8.48. The number of hydrogen-bond acceptors (Lipinski definition) is 4. The van der Waals surface area contributed by atoms with Gasteiger partial charge in [-0.15, -0.1) is 0 Å². The van der Waals surface area contributed by atoms with E-state index in [2.05, 4.69) is 34.6 Å². The Labute approximate surface area is 150 Å². The third-order valence-electron chi connectivity index (χ3n) is 5.69. The number of carbonyl (C=O) groups is 1. The van der Waals surface area contributed by atoms with Crippen LogP contribution in [0.1, 0.15) is 53.0 Å². The standard InChI is InChI=1S/C21H28O4/c1-14(2)10-18(21(5)12-20(21,3)4)25-19(22)9-7-15-6-8-16-17(11-15)24-13-23-16/h6-9,11,14,18H,10,12-13H2,1-5H3/b9-7+. The third-order valence-corrected chi connectivity index (χ3v) is 5.69. The van der Waals surface area contributed by atoms with Crippen molar-refractivity contribution in [3.8, 4) is 11.5 Å². The van der Waals surface area contributed by atoms with E-state index in [1.807, 2.05) is 18.2 Å². The van der Waals surface area contributed by atoms with Gasteiger partial charge in [-0.1, -0.05) is 40.7 Å². The molecule has 0 N–H and O–H groups in total. The first-order valence-corrected chi connectivity index (χ1v) is 9.00. The van der Waals surface area contributed by atoms with Crippen LogP contribution in [-0.4, -0.2) is 18.9 Å². The van der Waals surface area contributed by atoms with Crippen molar-refractivity contribution in [3.63, 3.8) is 0 Å². The zero-order chi connectivity index (χ0) is 18.2. The average molecular weight is 344 g/mol. The maximum absolute atomic E-state index is 12.4. The molecule has 2 aliphatic rings. The molecule has 1 aromatic rings. The van der Waals surface area contributed by atoms with Crippen molar-refractivity contribution < 1.29 is 19.0 Å². The molecule has 2 unspecified atom stereocenters. The summed E-state index contributed by atoms with van der Waals surface area (Å²) in [6.07, 6.45) is 5.21. The average Bonchev–Trinajstić information content (AvgIpc) is 2.86. The fraction of sp³-hybridized carbons (Fsp3) is 0.571. The normalized spacial score (nSPS) is 24.6. The monoisotopic (exact) mass is 344 g/mol. The second-order valence-electron chi connectivity index (χ2n) is 8.48. The molecule has 1 aliphatic heterocycles. The highest BCUT2D eigenvalue weighted by Gasteiger charge is 2.62. The molecular formula is C21H28O4. The molecule has 4 nitrogen and oxygen atoms in total. The summed E-state index contributed by atoms with van der Waals surface area (Å²) in [6, 6.07) is 5.61. The molecule has 136 valence electrons. The first-order valence-electron chi connectivity index (χ1n) is 9.00. The molecule has 0 spiro atoms. The number of rotatable bonds is 6. The van der Waals surface area contributed by atoms with Gasteiger partial charge in [0.05, 0.1) is 0 Å². The van der Waals surface area contributed by atoms with Gasteiger partial charge in [-0.05, 0) is 47.9 Å². The molecule has 0 bridgehead atoms. The number of ether oxygens (including phenoxy) is 3. The quantitative estimate of drug-likeness (QED) is 0.548. The van der Waals surface area contributed by atoms with Gasteiger partial charge in [0.15, 0.2) is 11.5 Å². The van der Waals surface area contributed by atoms with Crippen molar-refractivity contribution in [1.82, 2.24) is 0 Å². The third kappa shape index (κ3) is 3.68. The maximum Gasteiger partial charge on any atom is 0.331 e. The number of hydrogen-bond donors (Lipinski definition) is 0. The summed E-state index contributed by atoms with van der Waals surface area (Å²) in [5.74, 6) is 1.65. The van der Waals surface area contributed by atoms with E-state index in [0.717, 1.165) is 24.2 Å². The smallest absolute Gasteiger partial charge is 0.331 e. The van der Waals surface area contributed by atoms with E-state index in [9.17, 15) is 4.79 Å². The maximum atomic E-state index is 12.4. The first-order chi connectivity index (χ1) is 11.7. The summed E-state index contributed by atoms with van der Waals surface area (Å²) in [6.45, 7) is 11.3. The Kier molecular flexibility index (Phi) is 4.56. The van der Waals surface area contributed by atoms with Crippen LogP contribution >= 0.6 is 0 Å². The summed E-state index contributed by atoms with van der Waals surface area (Å²) in [7, 11) is 0. The Hall–Kier alpha value is -1.97. The second kappa shape index (κ2) is 6.40. The molecule has 3 rings (SSSR count). The molecule has 0 aromatic heterocycles. The molecule has 2 atom stereocenters. The Morgan fingerprint density at radius 3 is 2.56 bits per heavy atom. The lowest BCUT2D eigenvalue weighted by Gasteiger charge is -2.28. The fourth-order valence-electron chi connectivity index (χ4n) is 3.65. The van der Waals surface area contributed by atoms with E-state index in [4.69, 9.17) is 14.2 Å². The highest BCUT2D eigenvalue weighted by molar-refractivity contribution is 5.87. The lowest BCUT2D eigenvalue weighted by atomic mass is 9.87. The van der Waals surface area contributed by atoms with Gasteiger partial charge in [0, 0.05) is 11.5 Å². The van der Waals surface area contributed by atoms with Crippen LogP contribution in [0.15, 0.2) is 24.3 Å².